The molecule has 0 saturated carbocycles. The molecule has 0 saturated heterocycles. The summed E-state index contributed by atoms with van der Waals surface area (Å²) in [4.78, 5) is 4.15. The minimum atomic E-state index is -3.33. The smallest absolute Gasteiger partial charge is 0.229 e. The minimum Gasteiger partial charge on any atom is -0.492 e. The summed E-state index contributed by atoms with van der Waals surface area (Å²) in [6, 6.07) is 16.8. The van der Waals surface area contributed by atoms with E-state index >= 15 is 0 Å². The molecule has 7 nitrogen and oxygen atoms in total. The largest absolute Gasteiger partial charge is 0.492 e. The molecule has 3 N–H and O–H groups in total. The van der Waals surface area contributed by atoms with Crippen LogP contribution in [-0.4, -0.2) is 40.8 Å². The van der Waals surface area contributed by atoms with Crippen molar-refractivity contribution in [3.8, 4) is 5.75 Å². The normalized spacial score (nSPS) is 11.7. The summed E-state index contributed by atoms with van der Waals surface area (Å²) in [6.07, 6.45) is 1.13. The van der Waals surface area contributed by atoms with Crippen LogP contribution in [-0.2, 0) is 16.6 Å². The Morgan fingerprint density at radius 1 is 1.04 bits per heavy atom. The first-order valence-electron chi connectivity index (χ1n) is 8.16. The standard InChI is InChI=1S/C18H24N4O3S/c1-19-18(20-12-13-25-16-9-4-3-5-10-16)21-14-15-8-6-7-11-17(15)22-26(2,23)24/h3-11,22H,12-14H2,1-2H3,(H2,19,20,21). The molecule has 0 aliphatic heterocycles. The molecule has 0 heterocycles. The number of aliphatic imine (C=N–C) groups is 1. The van der Waals surface area contributed by atoms with Gasteiger partial charge in [-0.3, -0.25) is 9.71 Å². The Labute approximate surface area is 154 Å². The molecule has 0 spiro atoms. The lowest BCUT2D eigenvalue weighted by molar-refractivity contribution is 0.322. The minimum absolute atomic E-state index is 0.428. The molecule has 0 atom stereocenters. The van der Waals surface area contributed by atoms with Gasteiger partial charge in [-0.05, 0) is 23.8 Å². The van der Waals surface area contributed by atoms with Gasteiger partial charge in [-0.2, -0.15) is 0 Å². The number of para-hydroxylation sites is 2. The second kappa shape index (κ2) is 9.67. The van der Waals surface area contributed by atoms with Crippen LogP contribution >= 0.6 is 0 Å². The monoisotopic (exact) mass is 376 g/mol. The van der Waals surface area contributed by atoms with Crippen LogP contribution in [0.2, 0.25) is 0 Å². The molecule has 2 aromatic rings. The van der Waals surface area contributed by atoms with Crippen molar-refractivity contribution in [3.63, 3.8) is 0 Å². The number of hydrogen-bond donors (Lipinski definition) is 3. The summed E-state index contributed by atoms with van der Waals surface area (Å²) in [7, 11) is -1.65. The fourth-order valence-electron chi connectivity index (χ4n) is 2.23. The van der Waals surface area contributed by atoms with Crippen molar-refractivity contribution in [2.24, 2.45) is 4.99 Å². The molecule has 0 aliphatic rings. The number of benzene rings is 2. The van der Waals surface area contributed by atoms with Crippen molar-refractivity contribution in [2.45, 2.75) is 6.54 Å². The van der Waals surface area contributed by atoms with Crippen LogP contribution < -0.4 is 20.1 Å². The number of hydrogen-bond acceptors (Lipinski definition) is 4. The zero-order chi connectivity index (χ0) is 18.8. The van der Waals surface area contributed by atoms with Gasteiger partial charge in [0.05, 0.1) is 18.5 Å². The Morgan fingerprint density at radius 3 is 2.42 bits per heavy atom. The summed E-state index contributed by atoms with van der Waals surface area (Å²) in [6.45, 7) is 1.51. The third kappa shape index (κ3) is 7.02. The van der Waals surface area contributed by atoms with Crippen molar-refractivity contribution in [2.75, 3.05) is 31.2 Å². The van der Waals surface area contributed by atoms with Gasteiger partial charge in [-0.25, -0.2) is 8.42 Å². The third-order valence-corrected chi connectivity index (χ3v) is 3.98. The molecule has 0 aliphatic carbocycles. The first kappa shape index (κ1) is 19.6. The molecule has 0 amide bonds. The molecule has 0 aromatic heterocycles. The SMILES string of the molecule is CN=C(NCCOc1ccccc1)NCc1ccccc1NS(C)(=O)=O. The highest BCUT2D eigenvalue weighted by molar-refractivity contribution is 7.92. The lowest BCUT2D eigenvalue weighted by Gasteiger charge is -2.15. The molecular weight excluding hydrogens is 352 g/mol. The maximum atomic E-state index is 11.5. The van der Waals surface area contributed by atoms with E-state index in [4.69, 9.17) is 4.74 Å². The fraction of sp³-hybridized carbons (Fsp3) is 0.278. The average Bonchev–Trinajstić information content (AvgIpc) is 2.62. The Balaban J connectivity index is 1.82. The van der Waals surface area contributed by atoms with E-state index in [1.807, 2.05) is 42.5 Å². The summed E-state index contributed by atoms with van der Waals surface area (Å²) < 4.78 is 31.0. The summed E-state index contributed by atoms with van der Waals surface area (Å²) in [5.74, 6) is 1.42. The highest BCUT2D eigenvalue weighted by atomic mass is 32.2. The van der Waals surface area contributed by atoms with Gasteiger partial charge in [0.15, 0.2) is 5.96 Å². The predicted molar refractivity (Wildman–Crippen MR) is 105 cm³/mol. The maximum Gasteiger partial charge on any atom is 0.229 e. The van der Waals surface area contributed by atoms with Gasteiger partial charge in [0, 0.05) is 13.6 Å². The van der Waals surface area contributed by atoms with E-state index in [9.17, 15) is 8.42 Å². The van der Waals surface area contributed by atoms with Crippen molar-refractivity contribution >= 4 is 21.7 Å². The molecular formula is C18H24N4O3S. The topological polar surface area (TPSA) is 91.8 Å². The van der Waals surface area contributed by atoms with Crippen LogP contribution in [0.1, 0.15) is 5.56 Å². The molecule has 140 valence electrons. The fourth-order valence-corrected chi connectivity index (χ4v) is 2.83. The van der Waals surface area contributed by atoms with E-state index in [-0.39, 0.29) is 0 Å². The number of ether oxygens (including phenoxy) is 1. The van der Waals surface area contributed by atoms with Crippen LogP contribution in [0.15, 0.2) is 59.6 Å². The quantitative estimate of drug-likeness (QED) is 0.371. The van der Waals surface area contributed by atoms with Crippen LogP contribution in [0, 0.1) is 0 Å². The van der Waals surface area contributed by atoms with Crippen molar-refractivity contribution < 1.29 is 13.2 Å². The first-order chi connectivity index (χ1) is 12.5. The van der Waals surface area contributed by atoms with Gasteiger partial charge in [0.25, 0.3) is 0 Å². The Bertz CT molecular complexity index is 823. The molecule has 8 heteroatoms. The lowest BCUT2D eigenvalue weighted by Crippen LogP contribution is -2.39. The van der Waals surface area contributed by atoms with E-state index in [0.717, 1.165) is 17.6 Å². The van der Waals surface area contributed by atoms with E-state index < -0.39 is 10.0 Å². The highest BCUT2D eigenvalue weighted by Gasteiger charge is 2.07. The number of sulfonamides is 1. The first-order valence-corrected chi connectivity index (χ1v) is 10.0. The average molecular weight is 376 g/mol. The summed E-state index contributed by atoms with van der Waals surface area (Å²) in [5, 5.41) is 6.31. The predicted octanol–water partition coefficient (Wildman–Crippen LogP) is 1.80. The number of rotatable bonds is 8. The van der Waals surface area contributed by atoms with Gasteiger partial charge < -0.3 is 15.4 Å². The van der Waals surface area contributed by atoms with Gasteiger partial charge in [-0.15, -0.1) is 0 Å². The zero-order valence-electron chi connectivity index (χ0n) is 14.9. The van der Waals surface area contributed by atoms with Crippen molar-refractivity contribution in [1.29, 1.82) is 0 Å². The van der Waals surface area contributed by atoms with E-state index in [1.165, 1.54) is 0 Å². The van der Waals surface area contributed by atoms with Crippen LogP contribution in [0.5, 0.6) is 5.75 Å². The van der Waals surface area contributed by atoms with Gasteiger partial charge >= 0.3 is 0 Å². The number of nitrogens with one attached hydrogen (secondary N) is 3. The number of nitrogens with zero attached hydrogens (tertiary/aromatic N) is 1. The molecule has 2 rings (SSSR count). The van der Waals surface area contributed by atoms with Gasteiger partial charge in [-0.1, -0.05) is 36.4 Å². The van der Waals surface area contributed by atoms with Gasteiger partial charge in [0.1, 0.15) is 12.4 Å². The van der Waals surface area contributed by atoms with Crippen LogP contribution in [0.25, 0.3) is 0 Å². The molecule has 0 radical (unpaired) electrons. The van der Waals surface area contributed by atoms with E-state index in [0.29, 0.717) is 31.3 Å². The maximum absolute atomic E-state index is 11.5. The Morgan fingerprint density at radius 2 is 1.73 bits per heavy atom. The molecule has 0 fully saturated rings. The van der Waals surface area contributed by atoms with E-state index in [2.05, 4.69) is 20.3 Å². The number of anilines is 1. The Kier molecular flexibility index (Phi) is 7.28. The van der Waals surface area contributed by atoms with E-state index in [1.54, 1.807) is 19.2 Å². The van der Waals surface area contributed by atoms with Crippen LogP contribution in [0.3, 0.4) is 0 Å². The van der Waals surface area contributed by atoms with Gasteiger partial charge in [0.2, 0.25) is 10.0 Å². The van der Waals surface area contributed by atoms with Crippen molar-refractivity contribution in [1.82, 2.24) is 10.6 Å². The summed E-state index contributed by atoms with van der Waals surface area (Å²) >= 11 is 0. The molecule has 26 heavy (non-hydrogen) atoms. The Hall–Kier alpha value is -2.74. The number of guanidine groups is 1. The molecule has 0 unspecified atom stereocenters. The second-order valence-electron chi connectivity index (χ2n) is 5.55. The van der Waals surface area contributed by atoms with Crippen LogP contribution in [0.4, 0.5) is 5.69 Å². The highest BCUT2D eigenvalue weighted by Crippen LogP contribution is 2.15. The lowest BCUT2D eigenvalue weighted by atomic mass is 10.2. The van der Waals surface area contributed by atoms with Crippen molar-refractivity contribution in [3.05, 3.63) is 60.2 Å². The summed E-state index contributed by atoms with van der Waals surface area (Å²) in [5.41, 5.74) is 1.37. The molecule has 0 bridgehead atoms. The second-order valence-corrected chi connectivity index (χ2v) is 7.29. The molecule has 2 aromatic carbocycles. The third-order valence-electron chi connectivity index (χ3n) is 3.39. The zero-order valence-corrected chi connectivity index (χ0v) is 15.7.